The fourth-order valence-electron chi connectivity index (χ4n) is 4.81. The third kappa shape index (κ3) is 2.29. The number of hydrogen-bond donors (Lipinski definition) is 0. The molecule has 144 valence electrons. The minimum absolute atomic E-state index is 0.979. The Hall–Kier alpha value is -4.24. The lowest BCUT2D eigenvalue weighted by molar-refractivity contribution is 1.31. The molecule has 0 saturated heterocycles. The second-order valence-electron chi connectivity index (χ2n) is 7.92. The van der Waals surface area contributed by atoms with Crippen molar-refractivity contribution in [3.63, 3.8) is 0 Å². The topological polar surface area (TPSA) is 30.2 Å². The van der Waals surface area contributed by atoms with Gasteiger partial charge in [-0.25, -0.2) is 4.98 Å². The predicted molar refractivity (Wildman–Crippen MR) is 128 cm³/mol. The van der Waals surface area contributed by atoms with Gasteiger partial charge in [0.15, 0.2) is 0 Å². The summed E-state index contributed by atoms with van der Waals surface area (Å²) in [6.45, 7) is 0. The normalized spacial score (nSPS) is 11.9. The summed E-state index contributed by atoms with van der Waals surface area (Å²) < 4.78 is 2.29. The average Bonchev–Trinajstić information content (AvgIpc) is 3.39. The molecule has 7 aromatic rings. The molecule has 0 radical (unpaired) electrons. The Morgan fingerprint density at radius 2 is 1.45 bits per heavy atom. The van der Waals surface area contributed by atoms with E-state index in [1.807, 2.05) is 12.3 Å². The predicted octanol–water partition coefficient (Wildman–Crippen LogP) is 6.96. The van der Waals surface area contributed by atoms with Crippen molar-refractivity contribution in [2.24, 2.45) is 0 Å². The number of hydrogen-bond acceptors (Lipinski definition) is 2. The lowest BCUT2D eigenvalue weighted by Gasteiger charge is -2.06. The molecule has 31 heavy (non-hydrogen) atoms. The van der Waals surface area contributed by atoms with E-state index >= 15 is 0 Å². The molecule has 0 spiro atoms. The fourth-order valence-corrected chi connectivity index (χ4v) is 4.81. The monoisotopic (exact) mass is 395 g/mol. The van der Waals surface area contributed by atoms with Gasteiger partial charge in [0, 0.05) is 33.5 Å². The molecule has 0 atom stereocenters. The van der Waals surface area contributed by atoms with Crippen LogP contribution >= 0.6 is 0 Å². The Bertz CT molecular complexity index is 1720. The summed E-state index contributed by atoms with van der Waals surface area (Å²) in [7, 11) is 0. The van der Waals surface area contributed by atoms with Crippen LogP contribution in [-0.4, -0.2) is 14.4 Å². The first kappa shape index (κ1) is 16.5. The van der Waals surface area contributed by atoms with Crippen molar-refractivity contribution < 1.29 is 0 Å². The lowest BCUT2D eigenvalue weighted by Crippen LogP contribution is -1.86. The van der Waals surface area contributed by atoms with Gasteiger partial charge in [-0.1, -0.05) is 72.8 Å². The Balaban J connectivity index is 1.57. The fraction of sp³-hybridized carbons (Fsp3) is 0. The maximum Gasteiger partial charge on any atom is 0.138 e. The zero-order valence-electron chi connectivity index (χ0n) is 16.7. The summed E-state index contributed by atoms with van der Waals surface area (Å²) in [6, 6.07) is 34.0. The van der Waals surface area contributed by atoms with E-state index in [-0.39, 0.29) is 0 Å². The highest BCUT2D eigenvalue weighted by Crippen LogP contribution is 2.39. The molecule has 3 nitrogen and oxygen atoms in total. The summed E-state index contributed by atoms with van der Waals surface area (Å²) in [6.07, 6.45) is 1.90. The van der Waals surface area contributed by atoms with Crippen LogP contribution in [0.4, 0.5) is 0 Å². The van der Waals surface area contributed by atoms with Crippen molar-refractivity contribution >= 4 is 38.2 Å². The Kier molecular flexibility index (Phi) is 3.27. The Labute approximate surface area is 178 Å². The van der Waals surface area contributed by atoms with E-state index in [0.717, 1.165) is 28.2 Å². The van der Waals surface area contributed by atoms with Gasteiger partial charge in [-0.15, -0.1) is 0 Å². The molecule has 0 fully saturated rings. The number of imidazole rings is 1. The summed E-state index contributed by atoms with van der Waals surface area (Å²) in [5.41, 5.74) is 7.65. The highest BCUT2D eigenvalue weighted by atomic mass is 15.0. The van der Waals surface area contributed by atoms with Crippen molar-refractivity contribution in [3.05, 3.63) is 103 Å². The second-order valence-corrected chi connectivity index (χ2v) is 7.92. The molecule has 3 heteroatoms. The first-order chi connectivity index (χ1) is 15.4. The molecular weight excluding hydrogens is 378 g/mol. The quantitative estimate of drug-likeness (QED) is 0.317. The lowest BCUT2D eigenvalue weighted by atomic mass is 10.0. The first-order valence-corrected chi connectivity index (χ1v) is 10.4. The van der Waals surface area contributed by atoms with Crippen molar-refractivity contribution in [3.8, 4) is 22.5 Å². The Morgan fingerprint density at radius 1 is 0.581 bits per heavy atom. The molecule has 0 aliphatic rings. The molecule has 0 bridgehead atoms. The minimum atomic E-state index is 0.979. The molecule has 0 aliphatic carbocycles. The number of pyridine rings is 2. The third-order valence-electron chi connectivity index (χ3n) is 6.19. The van der Waals surface area contributed by atoms with E-state index in [4.69, 9.17) is 9.97 Å². The van der Waals surface area contributed by atoms with Crippen molar-refractivity contribution in [1.82, 2.24) is 14.4 Å². The molecular formula is C28H17N3. The largest absolute Gasteiger partial charge is 0.292 e. The highest BCUT2D eigenvalue weighted by molar-refractivity contribution is 6.15. The SMILES string of the molecule is c1ccc(-c2nc3cccc4c5cc(-c6nccc7ccccc67)ccc5c2n34)cc1. The van der Waals surface area contributed by atoms with E-state index in [9.17, 15) is 0 Å². The van der Waals surface area contributed by atoms with Crippen LogP contribution in [-0.2, 0) is 0 Å². The van der Waals surface area contributed by atoms with E-state index in [2.05, 4.69) is 95.4 Å². The number of rotatable bonds is 2. The molecule has 0 amide bonds. The van der Waals surface area contributed by atoms with Crippen LogP contribution < -0.4 is 0 Å². The van der Waals surface area contributed by atoms with Gasteiger partial charge in [-0.3, -0.25) is 9.38 Å². The first-order valence-electron chi connectivity index (χ1n) is 10.4. The summed E-state index contributed by atoms with van der Waals surface area (Å²) in [5.74, 6) is 0. The van der Waals surface area contributed by atoms with Gasteiger partial charge >= 0.3 is 0 Å². The van der Waals surface area contributed by atoms with E-state index < -0.39 is 0 Å². The molecule has 4 heterocycles. The van der Waals surface area contributed by atoms with Crippen molar-refractivity contribution in [2.45, 2.75) is 0 Å². The molecule has 0 saturated carbocycles. The molecule has 0 unspecified atom stereocenters. The van der Waals surface area contributed by atoms with Gasteiger partial charge in [0.05, 0.1) is 22.4 Å². The minimum Gasteiger partial charge on any atom is -0.292 e. The number of benzene rings is 3. The summed E-state index contributed by atoms with van der Waals surface area (Å²) in [5, 5.41) is 4.83. The third-order valence-corrected chi connectivity index (χ3v) is 6.19. The highest BCUT2D eigenvalue weighted by Gasteiger charge is 2.19. The van der Waals surface area contributed by atoms with Gasteiger partial charge in [-0.05, 0) is 29.7 Å². The van der Waals surface area contributed by atoms with Crippen LogP contribution in [0, 0.1) is 0 Å². The van der Waals surface area contributed by atoms with Gasteiger partial charge < -0.3 is 0 Å². The second kappa shape index (κ2) is 6.13. The van der Waals surface area contributed by atoms with Crippen LogP contribution in [0.5, 0.6) is 0 Å². The standard InChI is InChI=1S/C28H17N3/c1-2-8-19(9-3-1)27-28-22-14-13-20(26-21-10-5-4-7-18(21)15-16-29-26)17-23(22)24-11-6-12-25(30-27)31(24)28/h1-17H. The summed E-state index contributed by atoms with van der Waals surface area (Å²) in [4.78, 5) is 9.70. The summed E-state index contributed by atoms with van der Waals surface area (Å²) >= 11 is 0. The van der Waals surface area contributed by atoms with Crippen molar-refractivity contribution in [1.29, 1.82) is 0 Å². The van der Waals surface area contributed by atoms with E-state index in [0.29, 0.717) is 0 Å². The number of nitrogens with zero attached hydrogens (tertiary/aromatic N) is 3. The number of aromatic nitrogens is 3. The van der Waals surface area contributed by atoms with Crippen LogP contribution in [0.25, 0.3) is 60.7 Å². The van der Waals surface area contributed by atoms with Gasteiger partial charge in [-0.2, -0.15) is 0 Å². The maximum atomic E-state index is 4.97. The average molecular weight is 395 g/mol. The van der Waals surface area contributed by atoms with Crippen LogP contribution in [0.2, 0.25) is 0 Å². The Morgan fingerprint density at radius 3 is 2.39 bits per heavy atom. The molecule has 0 aliphatic heterocycles. The van der Waals surface area contributed by atoms with Gasteiger partial charge in [0.1, 0.15) is 5.65 Å². The van der Waals surface area contributed by atoms with E-state index in [1.165, 1.54) is 32.6 Å². The number of fused-ring (bicyclic) bond motifs is 4. The van der Waals surface area contributed by atoms with Gasteiger partial charge in [0.25, 0.3) is 0 Å². The maximum absolute atomic E-state index is 4.97. The molecule has 7 rings (SSSR count). The molecule has 3 aromatic carbocycles. The molecule has 4 aromatic heterocycles. The van der Waals surface area contributed by atoms with Crippen LogP contribution in [0.1, 0.15) is 0 Å². The van der Waals surface area contributed by atoms with Crippen molar-refractivity contribution in [2.75, 3.05) is 0 Å². The van der Waals surface area contributed by atoms with E-state index in [1.54, 1.807) is 0 Å². The van der Waals surface area contributed by atoms with Crippen LogP contribution in [0.3, 0.4) is 0 Å². The molecule has 0 N–H and O–H groups in total. The zero-order valence-corrected chi connectivity index (χ0v) is 16.7. The van der Waals surface area contributed by atoms with Crippen LogP contribution in [0.15, 0.2) is 103 Å². The zero-order chi connectivity index (χ0) is 20.4. The smallest absolute Gasteiger partial charge is 0.138 e. The van der Waals surface area contributed by atoms with Gasteiger partial charge in [0.2, 0.25) is 0 Å².